The summed E-state index contributed by atoms with van der Waals surface area (Å²) in [7, 11) is 0. The van der Waals surface area contributed by atoms with Crippen molar-refractivity contribution >= 4 is 40.8 Å². The summed E-state index contributed by atoms with van der Waals surface area (Å²) >= 11 is 11.1. The molecule has 1 amide bonds. The second kappa shape index (κ2) is 7.24. The van der Waals surface area contributed by atoms with Crippen LogP contribution in [0.4, 0.5) is 5.69 Å². The van der Waals surface area contributed by atoms with Gasteiger partial charge in [0, 0.05) is 5.69 Å². The summed E-state index contributed by atoms with van der Waals surface area (Å²) < 4.78 is 4.80. The summed E-state index contributed by atoms with van der Waals surface area (Å²) in [5.41, 5.74) is 0.543. The SMILES string of the molecule is CCOC(=O)CN(C(=O)C(Cl)Cl)c1ccccc1. The zero-order valence-electron chi connectivity index (χ0n) is 9.81. The van der Waals surface area contributed by atoms with Crippen LogP contribution in [0.15, 0.2) is 30.3 Å². The van der Waals surface area contributed by atoms with Crippen LogP contribution in [0.1, 0.15) is 6.92 Å². The predicted octanol–water partition coefficient (Wildman–Crippen LogP) is 2.39. The topological polar surface area (TPSA) is 46.6 Å². The molecule has 0 N–H and O–H groups in total. The number of amides is 1. The Morgan fingerprint density at radius 2 is 1.89 bits per heavy atom. The normalized spacial score (nSPS) is 10.2. The van der Waals surface area contributed by atoms with Gasteiger partial charge in [-0.15, -0.1) is 0 Å². The van der Waals surface area contributed by atoms with Gasteiger partial charge < -0.3 is 4.74 Å². The molecule has 0 unspecified atom stereocenters. The molecule has 4 nitrogen and oxygen atoms in total. The third-order valence-corrected chi connectivity index (χ3v) is 2.49. The van der Waals surface area contributed by atoms with Gasteiger partial charge in [-0.3, -0.25) is 14.5 Å². The minimum absolute atomic E-state index is 0.216. The molecular weight excluding hydrogens is 277 g/mol. The molecule has 0 spiro atoms. The molecule has 0 atom stereocenters. The Morgan fingerprint density at radius 3 is 2.39 bits per heavy atom. The third-order valence-electron chi connectivity index (χ3n) is 2.11. The van der Waals surface area contributed by atoms with Gasteiger partial charge in [-0.05, 0) is 19.1 Å². The Balaban J connectivity index is 2.89. The van der Waals surface area contributed by atoms with Crippen molar-refractivity contribution in [3.05, 3.63) is 30.3 Å². The van der Waals surface area contributed by atoms with Crippen molar-refractivity contribution in [2.24, 2.45) is 0 Å². The maximum Gasteiger partial charge on any atom is 0.326 e. The fraction of sp³-hybridized carbons (Fsp3) is 0.333. The van der Waals surface area contributed by atoms with Crippen molar-refractivity contribution in [2.45, 2.75) is 11.8 Å². The quantitative estimate of drug-likeness (QED) is 0.618. The van der Waals surface area contributed by atoms with E-state index in [0.717, 1.165) is 0 Å². The number of ether oxygens (including phenoxy) is 1. The Morgan fingerprint density at radius 1 is 1.28 bits per heavy atom. The smallest absolute Gasteiger partial charge is 0.326 e. The number of nitrogens with zero attached hydrogens (tertiary/aromatic N) is 1. The molecule has 1 aromatic rings. The molecule has 1 aromatic carbocycles. The summed E-state index contributed by atoms with van der Waals surface area (Å²) in [5, 5.41) is 0. The van der Waals surface area contributed by atoms with Crippen LogP contribution in [0, 0.1) is 0 Å². The van der Waals surface area contributed by atoms with Crippen LogP contribution >= 0.6 is 23.2 Å². The molecular formula is C12H13Cl2NO3. The fourth-order valence-corrected chi connectivity index (χ4v) is 1.59. The molecule has 18 heavy (non-hydrogen) atoms. The number of carbonyl (C=O) groups is 2. The van der Waals surface area contributed by atoms with E-state index in [1.165, 1.54) is 4.90 Å². The molecule has 0 bridgehead atoms. The summed E-state index contributed by atoms with van der Waals surface area (Å²) in [6.45, 7) is 1.73. The molecule has 0 radical (unpaired) electrons. The molecule has 0 fully saturated rings. The number of esters is 1. The first-order valence-corrected chi connectivity index (χ1v) is 6.23. The van der Waals surface area contributed by atoms with E-state index < -0.39 is 16.7 Å². The maximum atomic E-state index is 11.8. The second-order valence-electron chi connectivity index (χ2n) is 3.37. The Kier molecular flexibility index (Phi) is 5.95. The van der Waals surface area contributed by atoms with Gasteiger partial charge in [-0.1, -0.05) is 41.4 Å². The lowest BCUT2D eigenvalue weighted by Gasteiger charge is -2.22. The van der Waals surface area contributed by atoms with Crippen LogP contribution in [0.5, 0.6) is 0 Å². The van der Waals surface area contributed by atoms with E-state index in [-0.39, 0.29) is 13.2 Å². The van der Waals surface area contributed by atoms with Gasteiger partial charge in [0.25, 0.3) is 5.91 Å². The lowest BCUT2D eigenvalue weighted by molar-refractivity contribution is -0.142. The summed E-state index contributed by atoms with van der Waals surface area (Å²) in [4.78, 5) is 23.3. The highest BCUT2D eigenvalue weighted by atomic mass is 35.5. The van der Waals surface area contributed by atoms with Crippen molar-refractivity contribution in [3.63, 3.8) is 0 Å². The highest BCUT2D eigenvalue weighted by Gasteiger charge is 2.24. The van der Waals surface area contributed by atoms with Crippen LogP contribution < -0.4 is 4.90 Å². The lowest BCUT2D eigenvalue weighted by atomic mass is 10.3. The number of hydrogen-bond acceptors (Lipinski definition) is 3. The molecule has 0 aliphatic carbocycles. The van der Waals surface area contributed by atoms with Crippen molar-refractivity contribution < 1.29 is 14.3 Å². The van der Waals surface area contributed by atoms with Crippen LogP contribution in [0.2, 0.25) is 0 Å². The first-order chi connectivity index (χ1) is 8.56. The minimum atomic E-state index is -1.22. The van der Waals surface area contributed by atoms with Gasteiger partial charge in [0.2, 0.25) is 0 Å². The fourth-order valence-electron chi connectivity index (χ4n) is 1.36. The van der Waals surface area contributed by atoms with Crippen molar-refractivity contribution in [3.8, 4) is 0 Å². The largest absolute Gasteiger partial charge is 0.465 e. The Hall–Kier alpha value is -1.26. The van der Waals surface area contributed by atoms with Gasteiger partial charge in [-0.2, -0.15) is 0 Å². The van der Waals surface area contributed by atoms with E-state index in [0.29, 0.717) is 5.69 Å². The third kappa shape index (κ3) is 4.20. The van der Waals surface area contributed by atoms with Crippen molar-refractivity contribution in [2.75, 3.05) is 18.1 Å². The number of rotatable bonds is 5. The average Bonchev–Trinajstić information content (AvgIpc) is 2.36. The number of para-hydroxylation sites is 1. The van der Waals surface area contributed by atoms with Crippen LogP contribution in [0.3, 0.4) is 0 Å². The molecule has 6 heteroatoms. The summed E-state index contributed by atoms with van der Waals surface area (Å²) in [5.74, 6) is -1.07. The standard InChI is InChI=1S/C12H13Cl2NO3/c1-2-18-10(16)8-15(12(17)11(13)14)9-6-4-3-5-7-9/h3-7,11H,2,8H2,1H3. The van der Waals surface area contributed by atoms with E-state index in [1.807, 2.05) is 0 Å². The molecule has 0 aromatic heterocycles. The van der Waals surface area contributed by atoms with Gasteiger partial charge in [0.1, 0.15) is 6.54 Å². The van der Waals surface area contributed by atoms with Gasteiger partial charge in [0.05, 0.1) is 6.61 Å². The number of halogens is 2. The zero-order chi connectivity index (χ0) is 13.5. The van der Waals surface area contributed by atoms with E-state index in [1.54, 1.807) is 37.3 Å². The summed E-state index contributed by atoms with van der Waals surface area (Å²) in [6.07, 6.45) is 0. The monoisotopic (exact) mass is 289 g/mol. The molecule has 98 valence electrons. The number of hydrogen-bond donors (Lipinski definition) is 0. The maximum absolute atomic E-state index is 11.8. The van der Waals surface area contributed by atoms with Crippen LogP contribution in [-0.2, 0) is 14.3 Å². The number of alkyl halides is 2. The number of carbonyl (C=O) groups excluding carboxylic acids is 2. The number of benzene rings is 1. The van der Waals surface area contributed by atoms with Gasteiger partial charge in [0.15, 0.2) is 4.84 Å². The minimum Gasteiger partial charge on any atom is -0.465 e. The van der Waals surface area contributed by atoms with Crippen molar-refractivity contribution in [1.29, 1.82) is 0 Å². The highest BCUT2D eigenvalue weighted by molar-refractivity contribution is 6.54. The Bertz CT molecular complexity index is 409. The van der Waals surface area contributed by atoms with E-state index in [4.69, 9.17) is 27.9 Å². The molecule has 0 aliphatic heterocycles. The lowest BCUT2D eigenvalue weighted by Crippen LogP contribution is -2.39. The van der Waals surface area contributed by atoms with Crippen molar-refractivity contribution in [1.82, 2.24) is 0 Å². The Labute approximate surface area is 115 Å². The average molecular weight is 290 g/mol. The van der Waals surface area contributed by atoms with E-state index in [2.05, 4.69) is 0 Å². The molecule has 0 saturated heterocycles. The molecule has 0 aliphatic rings. The molecule has 0 heterocycles. The van der Waals surface area contributed by atoms with E-state index in [9.17, 15) is 9.59 Å². The first-order valence-electron chi connectivity index (χ1n) is 5.36. The second-order valence-corrected chi connectivity index (χ2v) is 4.46. The number of anilines is 1. The van der Waals surface area contributed by atoms with Gasteiger partial charge >= 0.3 is 5.97 Å². The zero-order valence-corrected chi connectivity index (χ0v) is 11.3. The van der Waals surface area contributed by atoms with Gasteiger partial charge in [-0.25, -0.2) is 0 Å². The van der Waals surface area contributed by atoms with Crippen LogP contribution in [-0.4, -0.2) is 29.9 Å². The molecule has 1 rings (SSSR count). The molecule has 0 saturated carbocycles. The summed E-state index contributed by atoms with van der Waals surface area (Å²) in [6, 6.07) is 8.67. The van der Waals surface area contributed by atoms with Crippen LogP contribution in [0.25, 0.3) is 0 Å². The first kappa shape index (κ1) is 14.8. The van der Waals surface area contributed by atoms with E-state index >= 15 is 0 Å². The predicted molar refractivity (Wildman–Crippen MR) is 70.9 cm³/mol. The highest BCUT2D eigenvalue weighted by Crippen LogP contribution is 2.17.